The second-order valence-corrected chi connectivity index (χ2v) is 3.37. The normalized spacial score (nSPS) is 12.2. The van der Waals surface area contributed by atoms with Gasteiger partial charge in [-0.05, 0) is 12.1 Å². The molecule has 0 fully saturated rings. The van der Waals surface area contributed by atoms with Crippen molar-refractivity contribution in [1.82, 2.24) is 0 Å². The Bertz CT molecular complexity index is 314. The van der Waals surface area contributed by atoms with Gasteiger partial charge in [0.05, 0.1) is 0 Å². The van der Waals surface area contributed by atoms with E-state index >= 15 is 0 Å². The second kappa shape index (κ2) is 4.70. The molecule has 0 bridgehead atoms. The van der Waals surface area contributed by atoms with Crippen LogP contribution in [0.4, 0.5) is 4.79 Å². The van der Waals surface area contributed by atoms with E-state index in [1.807, 2.05) is 0 Å². The summed E-state index contributed by atoms with van der Waals surface area (Å²) < 4.78 is 4.52. The summed E-state index contributed by atoms with van der Waals surface area (Å²) in [5.74, 6) is 0. The molecule has 1 unspecified atom stereocenters. The average Bonchev–Trinajstić information content (AvgIpc) is 2.03. The van der Waals surface area contributed by atoms with Crippen LogP contribution < -0.4 is 0 Å². The number of carbonyl (C=O) groups is 1. The molecule has 0 aliphatic carbocycles. The van der Waals surface area contributed by atoms with Crippen molar-refractivity contribution < 1.29 is 9.53 Å². The van der Waals surface area contributed by atoms with E-state index in [1.54, 1.807) is 24.3 Å². The summed E-state index contributed by atoms with van der Waals surface area (Å²) in [5, 5.41) is 0.522. The van der Waals surface area contributed by atoms with Crippen molar-refractivity contribution in [2.45, 2.75) is 5.56 Å². The lowest BCUT2D eigenvalue weighted by Gasteiger charge is -2.08. The number of hydrogen-bond donors (Lipinski definition) is 0. The lowest BCUT2D eigenvalue weighted by molar-refractivity contribution is 0.160. The predicted octanol–water partition coefficient (Wildman–Crippen LogP) is 3.95. The Morgan fingerprint density at radius 3 is 2.69 bits per heavy atom. The van der Waals surface area contributed by atoms with Gasteiger partial charge in [-0.3, -0.25) is 0 Å². The van der Waals surface area contributed by atoms with Crippen LogP contribution in [0, 0.1) is 0 Å². The van der Waals surface area contributed by atoms with E-state index in [0.29, 0.717) is 10.6 Å². The van der Waals surface area contributed by atoms with Crippen LogP contribution in [0.3, 0.4) is 0 Å². The Balaban J connectivity index is 2.76. The topological polar surface area (TPSA) is 26.3 Å². The van der Waals surface area contributed by atoms with Gasteiger partial charge in [-0.15, -0.1) is 0 Å². The third kappa shape index (κ3) is 3.43. The first-order valence-corrected chi connectivity index (χ1v) is 4.54. The maximum absolute atomic E-state index is 10.3. The van der Waals surface area contributed by atoms with Crippen LogP contribution in [0.1, 0.15) is 11.1 Å². The van der Waals surface area contributed by atoms with Gasteiger partial charge >= 0.3 is 5.43 Å². The van der Waals surface area contributed by atoms with E-state index in [4.69, 9.17) is 34.8 Å². The fourth-order valence-corrected chi connectivity index (χ4v) is 1.35. The van der Waals surface area contributed by atoms with Crippen molar-refractivity contribution in [2.75, 3.05) is 0 Å². The molecule has 1 aromatic rings. The molecule has 13 heavy (non-hydrogen) atoms. The highest BCUT2D eigenvalue weighted by Gasteiger charge is 2.11. The Labute approximate surface area is 90.3 Å². The third-order valence-electron chi connectivity index (χ3n) is 1.31. The number of alkyl halides is 1. The fraction of sp³-hybridized carbons (Fsp3) is 0.125. The van der Waals surface area contributed by atoms with E-state index in [1.165, 1.54) is 0 Å². The number of rotatable bonds is 2. The Morgan fingerprint density at radius 2 is 2.15 bits per heavy atom. The number of halogens is 3. The molecule has 0 spiro atoms. The van der Waals surface area contributed by atoms with E-state index in [9.17, 15) is 4.79 Å². The molecule has 0 amide bonds. The number of hydrogen-bond acceptors (Lipinski definition) is 2. The first kappa shape index (κ1) is 10.6. The molecular weight excluding hydrogens is 234 g/mol. The summed E-state index contributed by atoms with van der Waals surface area (Å²) in [4.78, 5) is 10.3. The second-order valence-electron chi connectivity index (χ2n) is 2.23. The van der Waals surface area contributed by atoms with Crippen LogP contribution in [0.2, 0.25) is 5.02 Å². The van der Waals surface area contributed by atoms with Crippen LogP contribution in [0.15, 0.2) is 24.3 Å². The van der Waals surface area contributed by atoms with Crippen LogP contribution in [-0.2, 0) is 4.74 Å². The van der Waals surface area contributed by atoms with Gasteiger partial charge in [0, 0.05) is 22.2 Å². The molecule has 0 heterocycles. The van der Waals surface area contributed by atoms with Gasteiger partial charge in [0.25, 0.3) is 0 Å². The van der Waals surface area contributed by atoms with Crippen LogP contribution in [-0.4, -0.2) is 5.43 Å². The molecule has 0 radical (unpaired) electrons. The minimum atomic E-state index is -0.944. The number of ether oxygens (including phenoxy) is 1. The van der Waals surface area contributed by atoms with E-state index in [0.717, 1.165) is 0 Å². The summed E-state index contributed by atoms with van der Waals surface area (Å²) in [5.41, 5.74) is -1.26. The summed E-state index contributed by atoms with van der Waals surface area (Å²) in [6.07, 6.45) is 0. The van der Waals surface area contributed by atoms with Crippen molar-refractivity contribution in [1.29, 1.82) is 0 Å². The Hall–Kier alpha value is -0.440. The van der Waals surface area contributed by atoms with Crippen molar-refractivity contribution in [3.05, 3.63) is 34.9 Å². The van der Waals surface area contributed by atoms with Gasteiger partial charge in [0.15, 0.2) is 0 Å². The minimum Gasteiger partial charge on any atom is -0.429 e. The highest BCUT2D eigenvalue weighted by Crippen LogP contribution is 2.24. The van der Waals surface area contributed by atoms with Gasteiger partial charge in [0.2, 0.25) is 5.56 Å². The molecule has 5 heteroatoms. The highest BCUT2D eigenvalue weighted by molar-refractivity contribution is 6.61. The fourth-order valence-electron chi connectivity index (χ4n) is 0.797. The summed E-state index contributed by atoms with van der Waals surface area (Å²) in [7, 11) is 0. The molecule has 0 aliphatic heterocycles. The molecule has 1 aromatic carbocycles. The number of carbonyl (C=O) groups excluding carboxylic acids is 1. The Kier molecular flexibility index (Phi) is 3.85. The first-order chi connectivity index (χ1) is 6.09. The summed E-state index contributed by atoms with van der Waals surface area (Å²) in [6, 6.07) is 6.68. The van der Waals surface area contributed by atoms with E-state index < -0.39 is 11.0 Å². The summed E-state index contributed by atoms with van der Waals surface area (Å²) >= 11 is 16.4. The molecule has 2 nitrogen and oxygen atoms in total. The zero-order valence-electron chi connectivity index (χ0n) is 6.34. The van der Waals surface area contributed by atoms with Crippen molar-refractivity contribution in [2.24, 2.45) is 0 Å². The molecule has 1 atom stereocenters. The van der Waals surface area contributed by atoms with Crippen molar-refractivity contribution in [3.63, 3.8) is 0 Å². The van der Waals surface area contributed by atoms with Crippen LogP contribution in [0.25, 0.3) is 0 Å². The highest BCUT2D eigenvalue weighted by atomic mass is 35.5. The van der Waals surface area contributed by atoms with E-state index in [-0.39, 0.29) is 0 Å². The lowest BCUT2D eigenvalue weighted by atomic mass is 10.2. The largest absolute Gasteiger partial charge is 0.429 e. The Morgan fingerprint density at radius 1 is 1.46 bits per heavy atom. The minimum absolute atomic E-state index is 0.522. The molecule has 1 rings (SSSR count). The zero-order chi connectivity index (χ0) is 9.84. The van der Waals surface area contributed by atoms with E-state index in [2.05, 4.69) is 4.74 Å². The van der Waals surface area contributed by atoms with Gasteiger partial charge in [-0.2, -0.15) is 0 Å². The molecule has 0 N–H and O–H groups in total. The SMILES string of the molecule is O=C(Cl)OC(Cl)c1cccc(Cl)c1. The van der Waals surface area contributed by atoms with Crippen molar-refractivity contribution in [3.8, 4) is 0 Å². The number of benzene rings is 1. The molecule has 0 aromatic heterocycles. The molecule has 0 aliphatic rings. The van der Waals surface area contributed by atoms with Gasteiger partial charge in [-0.25, -0.2) is 4.79 Å². The van der Waals surface area contributed by atoms with Gasteiger partial charge in [-0.1, -0.05) is 35.3 Å². The molecule has 70 valence electrons. The molecular formula is C8H5Cl3O2. The standard InChI is InChI=1S/C8H5Cl3O2/c9-6-3-1-2-5(4-6)7(10)13-8(11)12/h1-4,7H. The molecule has 0 saturated heterocycles. The first-order valence-electron chi connectivity index (χ1n) is 3.35. The van der Waals surface area contributed by atoms with Crippen molar-refractivity contribution >= 4 is 40.2 Å². The predicted molar refractivity (Wildman–Crippen MR) is 52.4 cm³/mol. The maximum atomic E-state index is 10.3. The van der Waals surface area contributed by atoms with Gasteiger partial charge < -0.3 is 4.74 Å². The average molecular weight is 239 g/mol. The maximum Gasteiger partial charge on any atom is 0.405 e. The van der Waals surface area contributed by atoms with Crippen LogP contribution >= 0.6 is 34.8 Å². The lowest BCUT2D eigenvalue weighted by Crippen LogP contribution is -1.98. The quantitative estimate of drug-likeness (QED) is 0.577. The van der Waals surface area contributed by atoms with Gasteiger partial charge in [0.1, 0.15) is 0 Å². The third-order valence-corrected chi connectivity index (χ3v) is 1.97. The molecule has 0 saturated carbocycles. The smallest absolute Gasteiger partial charge is 0.405 e. The summed E-state index contributed by atoms with van der Waals surface area (Å²) in [6.45, 7) is 0. The van der Waals surface area contributed by atoms with Crippen LogP contribution in [0.5, 0.6) is 0 Å². The monoisotopic (exact) mass is 238 g/mol. The zero-order valence-corrected chi connectivity index (χ0v) is 8.60.